The Morgan fingerprint density at radius 2 is 1.50 bits per heavy atom. The maximum absolute atomic E-state index is 8.04. The summed E-state index contributed by atoms with van der Waals surface area (Å²) in [5, 5.41) is 15.0. The van der Waals surface area contributed by atoms with Crippen LogP contribution in [0, 0.1) is 0 Å². The molecule has 0 radical (unpaired) electrons. The highest BCUT2D eigenvalue weighted by molar-refractivity contribution is 14.1. The molecule has 0 aromatic carbocycles. The number of hydrogen-bond acceptors (Lipinski definition) is 2. The molecule has 0 saturated heterocycles. The molecule has 6 heavy (non-hydrogen) atoms. The lowest BCUT2D eigenvalue weighted by atomic mass is 10.9. The van der Waals surface area contributed by atoms with E-state index in [1.807, 2.05) is 22.6 Å². The Morgan fingerprint density at radius 3 is 1.50 bits per heavy atom. The summed E-state index contributed by atoms with van der Waals surface area (Å²) in [6.07, 6.45) is 0. The van der Waals surface area contributed by atoms with Gasteiger partial charge in [-0.1, -0.05) is 22.6 Å². The van der Waals surface area contributed by atoms with E-state index in [0.29, 0.717) is 0 Å². The Labute approximate surface area is 51.3 Å². The minimum Gasteiger partial charge on any atom is -0.400 e. The number of rotatable bonds is 0. The van der Waals surface area contributed by atoms with Crippen LogP contribution in [0.25, 0.3) is 0 Å². The van der Waals surface area contributed by atoms with Crippen molar-refractivity contribution in [1.29, 1.82) is 0 Å². The largest absolute Gasteiger partial charge is 0.400 e. The molecule has 0 bridgehead atoms. The highest BCUT2D eigenvalue weighted by Crippen LogP contribution is 1.86. The molecule has 40 valence electrons. The number of halogens is 1. The summed E-state index contributed by atoms with van der Waals surface area (Å²) < 4.78 is -0.197. The normalized spacial score (nSPS) is 11.5. The number of alkyl halides is 1. The van der Waals surface area contributed by atoms with Crippen LogP contribution in [0.5, 0.6) is 0 Å². The minimum atomic E-state index is -0.197. The molecule has 0 aromatic rings. The molecule has 0 saturated carbocycles. The van der Waals surface area contributed by atoms with E-state index in [9.17, 15) is 0 Å². The highest BCUT2D eigenvalue weighted by atomic mass is 127. The van der Waals surface area contributed by atoms with Crippen molar-refractivity contribution in [2.45, 2.75) is 11.0 Å². The molecular weight excluding hydrogens is 195 g/mol. The summed E-state index contributed by atoms with van der Waals surface area (Å²) in [4.78, 5) is 0. The maximum Gasteiger partial charge on any atom is 0.102 e. The molecule has 2 nitrogen and oxygen atoms in total. The topological polar surface area (TPSA) is 40.5 Å². The van der Waals surface area contributed by atoms with Crippen LogP contribution in [0.15, 0.2) is 0 Å². The summed E-state index contributed by atoms with van der Waals surface area (Å²) in [6, 6.07) is 0. The van der Waals surface area contributed by atoms with Gasteiger partial charge in [0.15, 0.2) is 0 Å². The fourth-order valence-corrected chi connectivity index (χ4v) is 0. The van der Waals surface area contributed by atoms with Crippen LogP contribution in [-0.2, 0) is 0 Å². The minimum absolute atomic E-state index is 0.197. The Kier molecular flexibility index (Phi) is 15.0. The first-order valence-electron chi connectivity index (χ1n) is 1.50. The fourth-order valence-electron chi connectivity index (χ4n) is 0. The van der Waals surface area contributed by atoms with E-state index in [2.05, 4.69) is 0 Å². The highest BCUT2D eigenvalue weighted by Gasteiger charge is 1.72. The van der Waals surface area contributed by atoms with Gasteiger partial charge in [-0.15, -0.1) is 0 Å². The van der Waals surface area contributed by atoms with E-state index in [1.54, 1.807) is 6.92 Å². The van der Waals surface area contributed by atoms with Crippen LogP contribution < -0.4 is 0 Å². The van der Waals surface area contributed by atoms with Crippen molar-refractivity contribution in [2.75, 3.05) is 7.11 Å². The van der Waals surface area contributed by atoms with Gasteiger partial charge >= 0.3 is 0 Å². The second-order valence-corrected chi connectivity index (χ2v) is 2.38. The van der Waals surface area contributed by atoms with Crippen molar-refractivity contribution in [3.05, 3.63) is 0 Å². The second kappa shape index (κ2) is 9.17. The number of aliphatic hydroxyl groups is 2. The standard InChI is InChI=1S/C2H5IO.CH4O/c1-2(3)4;1-2/h2,4H,1H3;2H,1H3. The molecule has 0 spiro atoms. The average molecular weight is 204 g/mol. The number of hydrogen-bond donors (Lipinski definition) is 2. The Morgan fingerprint density at radius 1 is 1.50 bits per heavy atom. The molecule has 0 fully saturated rings. The third-order valence-electron chi connectivity index (χ3n) is 0. The van der Waals surface area contributed by atoms with Gasteiger partial charge in [-0.2, -0.15) is 0 Å². The molecule has 0 rings (SSSR count). The zero-order valence-electron chi connectivity index (χ0n) is 3.85. The lowest BCUT2D eigenvalue weighted by molar-refractivity contribution is 0.299. The second-order valence-electron chi connectivity index (χ2n) is 0.574. The zero-order valence-corrected chi connectivity index (χ0v) is 6.01. The van der Waals surface area contributed by atoms with Crippen molar-refractivity contribution < 1.29 is 10.2 Å². The first kappa shape index (κ1) is 9.82. The molecule has 0 aliphatic rings. The number of aliphatic hydroxyl groups excluding tert-OH is 2. The summed E-state index contributed by atoms with van der Waals surface area (Å²) in [5.74, 6) is 0. The molecule has 0 aliphatic carbocycles. The van der Waals surface area contributed by atoms with Gasteiger partial charge in [-0.3, -0.25) is 0 Å². The summed E-state index contributed by atoms with van der Waals surface area (Å²) in [5.41, 5.74) is 0. The fraction of sp³-hybridized carbons (Fsp3) is 1.00. The average Bonchev–Trinajstić information content (AvgIpc) is 1.41. The molecule has 0 heterocycles. The summed E-state index contributed by atoms with van der Waals surface area (Å²) >= 11 is 1.90. The molecule has 2 N–H and O–H groups in total. The van der Waals surface area contributed by atoms with Crippen molar-refractivity contribution in [3.63, 3.8) is 0 Å². The predicted octanol–water partition coefficient (Wildman–Crippen LogP) is 0.368. The zero-order chi connectivity index (χ0) is 5.58. The monoisotopic (exact) mass is 204 g/mol. The first-order chi connectivity index (χ1) is 2.73. The maximum atomic E-state index is 8.04. The van der Waals surface area contributed by atoms with Crippen molar-refractivity contribution in [3.8, 4) is 0 Å². The van der Waals surface area contributed by atoms with E-state index >= 15 is 0 Å². The lowest BCUT2D eigenvalue weighted by Gasteiger charge is -1.77. The smallest absolute Gasteiger partial charge is 0.102 e. The van der Waals surface area contributed by atoms with E-state index < -0.39 is 0 Å². The van der Waals surface area contributed by atoms with Crippen LogP contribution in [0.2, 0.25) is 0 Å². The van der Waals surface area contributed by atoms with E-state index in [4.69, 9.17) is 10.2 Å². The van der Waals surface area contributed by atoms with Crippen LogP contribution in [0.1, 0.15) is 6.92 Å². The van der Waals surface area contributed by atoms with Gasteiger partial charge in [0.05, 0.1) is 0 Å². The lowest BCUT2D eigenvalue weighted by Crippen LogP contribution is -1.77. The van der Waals surface area contributed by atoms with Gasteiger partial charge < -0.3 is 10.2 Å². The van der Waals surface area contributed by atoms with Crippen LogP contribution in [-0.4, -0.2) is 21.4 Å². The molecule has 0 amide bonds. The van der Waals surface area contributed by atoms with E-state index in [-0.39, 0.29) is 4.11 Å². The van der Waals surface area contributed by atoms with Crippen LogP contribution in [0.3, 0.4) is 0 Å². The van der Waals surface area contributed by atoms with Crippen LogP contribution >= 0.6 is 22.6 Å². The predicted molar refractivity (Wildman–Crippen MR) is 33.8 cm³/mol. The van der Waals surface area contributed by atoms with Crippen molar-refractivity contribution in [1.82, 2.24) is 0 Å². The SMILES string of the molecule is CC(O)I.CO. The van der Waals surface area contributed by atoms with Gasteiger partial charge in [0, 0.05) is 7.11 Å². The molecule has 3 heteroatoms. The van der Waals surface area contributed by atoms with Gasteiger partial charge in [0.1, 0.15) is 4.11 Å². The molecule has 1 atom stereocenters. The first-order valence-corrected chi connectivity index (χ1v) is 2.75. The Bertz CT molecular complexity index is 13.5. The summed E-state index contributed by atoms with van der Waals surface area (Å²) in [6.45, 7) is 1.71. The molecular formula is C3H9IO2. The van der Waals surface area contributed by atoms with Gasteiger partial charge in [0.2, 0.25) is 0 Å². The van der Waals surface area contributed by atoms with E-state index in [1.165, 1.54) is 0 Å². The molecule has 1 unspecified atom stereocenters. The van der Waals surface area contributed by atoms with Gasteiger partial charge in [-0.25, -0.2) is 0 Å². The summed E-state index contributed by atoms with van der Waals surface area (Å²) in [7, 11) is 1.00. The third kappa shape index (κ3) is 147. The van der Waals surface area contributed by atoms with Crippen molar-refractivity contribution >= 4 is 22.6 Å². The Balaban J connectivity index is 0. The molecule has 0 aliphatic heterocycles. The van der Waals surface area contributed by atoms with Crippen LogP contribution in [0.4, 0.5) is 0 Å². The van der Waals surface area contributed by atoms with Gasteiger partial charge in [0.25, 0.3) is 0 Å². The third-order valence-corrected chi connectivity index (χ3v) is 0. The quantitative estimate of drug-likeness (QED) is 0.442. The van der Waals surface area contributed by atoms with Gasteiger partial charge in [-0.05, 0) is 6.92 Å². The Hall–Kier alpha value is 0.650. The molecule has 0 aromatic heterocycles. The van der Waals surface area contributed by atoms with Crippen molar-refractivity contribution in [2.24, 2.45) is 0 Å². The van der Waals surface area contributed by atoms with E-state index in [0.717, 1.165) is 7.11 Å².